The number of nitrogen functional groups attached to an aromatic ring is 1. The first-order valence-electron chi connectivity index (χ1n) is 6.21. The van der Waals surface area contributed by atoms with E-state index < -0.39 is 0 Å². The Labute approximate surface area is 111 Å². The molecule has 0 saturated heterocycles. The standard InChI is InChI=1S/C14H15N5/c1-9(2)19-13(10-5-7-16-8-11(10)15)18-12-4-3-6-17-14(12)19/h3-9H,15H2,1-2H3. The Hall–Kier alpha value is -2.43. The quantitative estimate of drug-likeness (QED) is 0.762. The number of imidazole rings is 1. The van der Waals surface area contributed by atoms with Gasteiger partial charge in [0.15, 0.2) is 5.65 Å². The molecule has 0 bridgehead atoms. The van der Waals surface area contributed by atoms with Crippen molar-refractivity contribution in [3.8, 4) is 11.4 Å². The van der Waals surface area contributed by atoms with Crippen LogP contribution in [0.1, 0.15) is 19.9 Å². The van der Waals surface area contributed by atoms with Gasteiger partial charge in [0.1, 0.15) is 11.3 Å². The summed E-state index contributed by atoms with van der Waals surface area (Å²) in [6, 6.07) is 5.99. The van der Waals surface area contributed by atoms with Crippen LogP contribution in [0.15, 0.2) is 36.8 Å². The van der Waals surface area contributed by atoms with Crippen molar-refractivity contribution in [3.05, 3.63) is 36.8 Å². The fourth-order valence-electron chi connectivity index (χ4n) is 2.22. The normalized spacial score (nSPS) is 11.3. The van der Waals surface area contributed by atoms with Gasteiger partial charge in [0.2, 0.25) is 0 Å². The first kappa shape index (κ1) is 11.6. The zero-order valence-electron chi connectivity index (χ0n) is 10.9. The molecule has 0 spiro atoms. The molecular formula is C14H15N5. The summed E-state index contributed by atoms with van der Waals surface area (Å²) in [5.74, 6) is 0.837. The Morgan fingerprint density at radius 1 is 1.21 bits per heavy atom. The highest BCUT2D eigenvalue weighted by Crippen LogP contribution is 2.29. The van der Waals surface area contributed by atoms with Crippen molar-refractivity contribution in [3.63, 3.8) is 0 Å². The van der Waals surface area contributed by atoms with Gasteiger partial charge in [-0.05, 0) is 32.0 Å². The second-order valence-electron chi connectivity index (χ2n) is 4.71. The van der Waals surface area contributed by atoms with E-state index in [1.54, 1.807) is 18.6 Å². The van der Waals surface area contributed by atoms with Gasteiger partial charge in [-0.1, -0.05) is 0 Å². The molecule has 19 heavy (non-hydrogen) atoms. The van der Waals surface area contributed by atoms with Crippen LogP contribution in [0.3, 0.4) is 0 Å². The number of fused-ring (bicyclic) bond motifs is 1. The van der Waals surface area contributed by atoms with Gasteiger partial charge in [-0.25, -0.2) is 9.97 Å². The first-order valence-corrected chi connectivity index (χ1v) is 6.21. The molecule has 96 valence electrons. The predicted octanol–water partition coefficient (Wildman–Crippen LogP) is 2.66. The van der Waals surface area contributed by atoms with Gasteiger partial charge >= 0.3 is 0 Å². The summed E-state index contributed by atoms with van der Waals surface area (Å²) in [7, 11) is 0. The maximum absolute atomic E-state index is 6.01. The molecule has 5 heteroatoms. The van der Waals surface area contributed by atoms with E-state index >= 15 is 0 Å². The van der Waals surface area contributed by atoms with Crippen LogP contribution in [0.2, 0.25) is 0 Å². The van der Waals surface area contributed by atoms with Crippen molar-refractivity contribution in [2.75, 3.05) is 5.73 Å². The number of anilines is 1. The molecule has 0 aliphatic rings. The lowest BCUT2D eigenvalue weighted by Gasteiger charge is -2.13. The van der Waals surface area contributed by atoms with Crippen molar-refractivity contribution < 1.29 is 0 Å². The summed E-state index contributed by atoms with van der Waals surface area (Å²) in [5, 5.41) is 0. The lowest BCUT2D eigenvalue weighted by molar-refractivity contribution is 0.620. The third-order valence-electron chi connectivity index (χ3n) is 3.06. The summed E-state index contributed by atoms with van der Waals surface area (Å²) < 4.78 is 2.10. The number of nitrogens with two attached hydrogens (primary N) is 1. The minimum atomic E-state index is 0.252. The summed E-state index contributed by atoms with van der Waals surface area (Å²) in [6.45, 7) is 4.22. The van der Waals surface area contributed by atoms with Crippen molar-refractivity contribution >= 4 is 16.9 Å². The molecule has 0 aliphatic carbocycles. The number of hydrogen-bond acceptors (Lipinski definition) is 4. The Morgan fingerprint density at radius 2 is 2.05 bits per heavy atom. The maximum atomic E-state index is 6.01. The monoisotopic (exact) mass is 253 g/mol. The maximum Gasteiger partial charge on any atom is 0.160 e. The van der Waals surface area contributed by atoms with E-state index in [4.69, 9.17) is 5.73 Å². The molecule has 0 fully saturated rings. The second kappa shape index (κ2) is 4.35. The van der Waals surface area contributed by atoms with Crippen LogP contribution in [0.4, 0.5) is 5.69 Å². The van der Waals surface area contributed by atoms with Crippen LogP contribution in [0, 0.1) is 0 Å². The average Bonchev–Trinajstić information content (AvgIpc) is 2.78. The Bertz CT molecular complexity index is 730. The minimum Gasteiger partial charge on any atom is -0.397 e. The molecule has 0 radical (unpaired) electrons. The summed E-state index contributed by atoms with van der Waals surface area (Å²) in [5.41, 5.74) is 9.28. The molecule has 0 aromatic carbocycles. The number of nitrogens with zero attached hydrogens (tertiary/aromatic N) is 4. The summed E-state index contributed by atoms with van der Waals surface area (Å²) in [4.78, 5) is 13.1. The van der Waals surface area contributed by atoms with Crippen molar-refractivity contribution in [2.24, 2.45) is 0 Å². The summed E-state index contributed by atoms with van der Waals surface area (Å²) >= 11 is 0. The molecule has 3 rings (SSSR count). The molecule has 3 aromatic heterocycles. The smallest absolute Gasteiger partial charge is 0.160 e. The van der Waals surface area contributed by atoms with Gasteiger partial charge < -0.3 is 10.3 Å². The van der Waals surface area contributed by atoms with E-state index in [0.717, 1.165) is 22.6 Å². The molecule has 0 atom stereocenters. The van der Waals surface area contributed by atoms with Crippen LogP contribution in [-0.2, 0) is 0 Å². The van der Waals surface area contributed by atoms with Crippen molar-refractivity contribution in [2.45, 2.75) is 19.9 Å². The second-order valence-corrected chi connectivity index (χ2v) is 4.71. The molecular weight excluding hydrogens is 238 g/mol. The zero-order chi connectivity index (χ0) is 13.4. The van der Waals surface area contributed by atoms with Gasteiger partial charge in [-0.2, -0.15) is 0 Å². The van der Waals surface area contributed by atoms with E-state index in [9.17, 15) is 0 Å². The highest BCUT2D eigenvalue weighted by atomic mass is 15.1. The van der Waals surface area contributed by atoms with Gasteiger partial charge in [0, 0.05) is 24.0 Å². The van der Waals surface area contributed by atoms with Crippen LogP contribution >= 0.6 is 0 Å². The number of hydrogen-bond donors (Lipinski definition) is 1. The molecule has 3 heterocycles. The zero-order valence-corrected chi connectivity index (χ0v) is 10.9. The molecule has 0 amide bonds. The average molecular weight is 253 g/mol. The third-order valence-corrected chi connectivity index (χ3v) is 3.06. The van der Waals surface area contributed by atoms with E-state index in [-0.39, 0.29) is 6.04 Å². The Balaban J connectivity index is 2.35. The molecule has 0 saturated carbocycles. The number of aromatic nitrogens is 4. The van der Waals surface area contributed by atoms with E-state index in [1.165, 1.54) is 0 Å². The van der Waals surface area contributed by atoms with Gasteiger partial charge in [-0.15, -0.1) is 0 Å². The van der Waals surface area contributed by atoms with Crippen LogP contribution in [0.25, 0.3) is 22.6 Å². The Kier molecular flexibility index (Phi) is 2.67. The van der Waals surface area contributed by atoms with Crippen LogP contribution < -0.4 is 5.73 Å². The summed E-state index contributed by atoms with van der Waals surface area (Å²) in [6.07, 6.45) is 5.15. The fourth-order valence-corrected chi connectivity index (χ4v) is 2.22. The topological polar surface area (TPSA) is 69.6 Å². The largest absolute Gasteiger partial charge is 0.397 e. The fraction of sp³-hybridized carbons (Fsp3) is 0.214. The van der Waals surface area contributed by atoms with Crippen LogP contribution in [0.5, 0.6) is 0 Å². The molecule has 5 nitrogen and oxygen atoms in total. The van der Waals surface area contributed by atoms with E-state index in [0.29, 0.717) is 5.69 Å². The lowest BCUT2D eigenvalue weighted by atomic mass is 10.2. The van der Waals surface area contributed by atoms with Crippen LogP contribution in [-0.4, -0.2) is 19.5 Å². The van der Waals surface area contributed by atoms with E-state index in [1.807, 2.05) is 18.2 Å². The van der Waals surface area contributed by atoms with Crippen molar-refractivity contribution in [1.82, 2.24) is 19.5 Å². The predicted molar refractivity (Wildman–Crippen MR) is 75.6 cm³/mol. The van der Waals surface area contributed by atoms with Gasteiger partial charge in [0.25, 0.3) is 0 Å². The minimum absolute atomic E-state index is 0.252. The van der Waals surface area contributed by atoms with Crippen molar-refractivity contribution in [1.29, 1.82) is 0 Å². The first-order chi connectivity index (χ1) is 9.18. The molecule has 0 aliphatic heterocycles. The Morgan fingerprint density at radius 3 is 2.79 bits per heavy atom. The SMILES string of the molecule is CC(C)n1c(-c2ccncc2N)nc2cccnc21. The molecule has 0 unspecified atom stereocenters. The number of pyridine rings is 2. The molecule has 3 aromatic rings. The van der Waals surface area contributed by atoms with Gasteiger partial charge in [0.05, 0.1) is 11.9 Å². The lowest BCUT2D eigenvalue weighted by Crippen LogP contribution is -2.05. The highest BCUT2D eigenvalue weighted by Gasteiger charge is 2.17. The molecule has 2 N–H and O–H groups in total. The van der Waals surface area contributed by atoms with E-state index in [2.05, 4.69) is 33.4 Å². The number of rotatable bonds is 2. The third kappa shape index (κ3) is 1.83. The highest BCUT2D eigenvalue weighted by molar-refractivity contribution is 5.80. The van der Waals surface area contributed by atoms with Gasteiger partial charge in [-0.3, -0.25) is 4.98 Å².